The highest BCUT2D eigenvalue weighted by Gasteiger charge is 2.54. The molecule has 1 aromatic heterocycles. The SMILES string of the molecule is COC[C@H]1[C@H](NC(=O)CCc2ccncc2)[C@H]2CCO[C@H]21. The summed E-state index contributed by atoms with van der Waals surface area (Å²) in [6, 6.07) is 4.11. The smallest absolute Gasteiger partial charge is 0.220 e. The van der Waals surface area contributed by atoms with Crippen LogP contribution in [0.15, 0.2) is 24.5 Å². The Kier molecular flexibility index (Phi) is 4.51. The Bertz CT molecular complexity index is 480. The van der Waals surface area contributed by atoms with Crippen LogP contribution in [0.25, 0.3) is 0 Å². The Morgan fingerprint density at radius 2 is 2.29 bits per heavy atom. The molecule has 114 valence electrons. The molecule has 0 radical (unpaired) electrons. The molecule has 5 nitrogen and oxygen atoms in total. The number of nitrogens with zero attached hydrogens (tertiary/aromatic N) is 1. The van der Waals surface area contributed by atoms with Gasteiger partial charge in [0, 0.05) is 50.4 Å². The van der Waals surface area contributed by atoms with Crippen molar-refractivity contribution in [3.05, 3.63) is 30.1 Å². The molecule has 0 bridgehead atoms. The number of fused-ring (bicyclic) bond motifs is 1. The number of carbonyl (C=O) groups is 1. The summed E-state index contributed by atoms with van der Waals surface area (Å²) in [5.41, 5.74) is 1.14. The Labute approximate surface area is 125 Å². The van der Waals surface area contributed by atoms with E-state index in [1.165, 1.54) is 0 Å². The van der Waals surface area contributed by atoms with E-state index in [-0.39, 0.29) is 18.1 Å². The molecule has 1 aliphatic carbocycles. The van der Waals surface area contributed by atoms with Gasteiger partial charge in [0.1, 0.15) is 0 Å². The quantitative estimate of drug-likeness (QED) is 0.854. The third-order valence-corrected chi connectivity index (χ3v) is 4.60. The van der Waals surface area contributed by atoms with Crippen molar-refractivity contribution >= 4 is 5.91 Å². The fraction of sp³-hybridized carbons (Fsp3) is 0.625. The van der Waals surface area contributed by atoms with E-state index in [2.05, 4.69) is 10.3 Å². The van der Waals surface area contributed by atoms with E-state index < -0.39 is 0 Å². The number of carbonyl (C=O) groups excluding carboxylic acids is 1. The highest BCUT2D eigenvalue weighted by atomic mass is 16.5. The second-order valence-corrected chi connectivity index (χ2v) is 5.86. The Balaban J connectivity index is 1.50. The molecule has 2 aliphatic rings. The largest absolute Gasteiger partial charge is 0.384 e. The van der Waals surface area contributed by atoms with Crippen molar-refractivity contribution in [2.75, 3.05) is 20.3 Å². The third kappa shape index (κ3) is 3.09. The number of hydrogen-bond acceptors (Lipinski definition) is 4. The van der Waals surface area contributed by atoms with Crippen molar-refractivity contribution in [1.82, 2.24) is 10.3 Å². The van der Waals surface area contributed by atoms with E-state index in [0.717, 1.165) is 25.0 Å². The average molecular weight is 290 g/mol. The summed E-state index contributed by atoms with van der Waals surface area (Å²) in [5, 5.41) is 3.18. The van der Waals surface area contributed by atoms with E-state index in [1.54, 1.807) is 19.5 Å². The maximum atomic E-state index is 12.1. The van der Waals surface area contributed by atoms with Crippen LogP contribution in [0.2, 0.25) is 0 Å². The first kappa shape index (κ1) is 14.5. The van der Waals surface area contributed by atoms with Gasteiger partial charge in [0.25, 0.3) is 0 Å². The van der Waals surface area contributed by atoms with Crippen molar-refractivity contribution in [2.24, 2.45) is 11.8 Å². The molecule has 1 aliphatic heterocycles. The second-order valence-electron chi connectivity index (χ2n) is 5.86. The van der Waals surface area contributed by atoms with Crippen molar-refractivity contribution in [3.8, 4) is 0 Å². The van der Waals surface area contributed by atoms with E-state index in [1.807, 2.05) is 12.1 Å². The monoisotopic (exact) mass is 290 g/mol. The molecule has 2 heterocycles. The van der Waals surface area contributed by atoms with Gasteiger partial charge in [-0.1, -0.05) is 0 Å². The molecule has 0 unspecified atom stereocenters. The van der Waals surface area contributed by atoms with Crippen LogP contribution in [-0.2, 0) is 20.7 Å². The van der Waals surface area contributed by atoms with Gasteiger partial charge in [-0.25, -0.2) is 0 Å². The molecule has 1 aromatic rings. The van der Waals surface area contributed by atoms with Crippen LogP contribution in [0.4, 0.5) is 0 Å². The van der Waals surface area contributed by atoms with Crippen molar-refractivity contribution < 1.29 is 14.3 Å². The van der Waals surface area contributed by atoms with Gasteiger partial charge in [0.05, 0.1) is 12.7 Å². The molecule has 2 fully saturated rings. The van der Waals surface area contributed by atoms with Gasteiger partial charge >= 0.3 is 0 Å². The molecule has 1 saturated heterocycles. The zero-order valence-electron chi connectivity index (χ0n) is 12.3. The van der Waals surface area contributed by atoms with Crippen LogP contribution in [-0.4, -0.2) is 43.4 Å². The van der Waals surface area contributed by atoms with Crippen LogP contribution in [0.3, 0.4) is 0 Å². The molecule has 0 aromatic carbocycles. The minimum atomic E-state index is 0.114. The maximum Gasteiger partial charge on any atom is 0.220 e. The maximum absolute atomic E-state index is 12.1. The summed E-state index contributed by atoms with van der Waals surface area (Å²) in [6.45, 7) is 1.45. The zero-order chi connectivity index (χ0) is 14.7. The van der Waals surface area contributed by atoms with Gasteiger partial charge < -0.3 is 14.8 Å². The number of aromatic nitrogens is 1. The normalized spacial score (nSPS) is 30.5. The molecule has 0 spiro atoms. The lowest BCUT2D eigenvalue weighted by atomic mass is 9.67. The van der Waals surface area contributed by atoms with E-state index >= 15 is 0 Å². The molecule has 21 heavy (non-hydrogen) atoms. The summed E-state index contributed by atoms with van der Waals surface area (Å²) >= 11 is 0. The average Bonchev–Trinajstić information content (AvgIpc) is 2.94. The Hall–Kier alpha value is -1.46. The number of pyridine rings is 1. The first-order valence-electron chi connectivity index (χ1n) is 7.58. The molecule has 1 amide bonds. The number of rotatable bonds is 6. The third-order valence-electron chi connectivity index (χ3n) is 4.60. The topological polar surface area (TPSA) is 60.5 Å². The van der Waals surface area contributed by atoms with Gasteiger partial charge in [-0.05, 0) is 30.5 Å². The van der Waals surface area contributed by atoms with Crippen LogP contribution < -0.4 is 5.32 Å². The second kappa shape index (κ2) is 6.54. The number of aryl methyl sites for hydroxylation is 1. The number of hydrogen-bond donors (Lipinski definition) is 1. The van der Waals surface area contributed by atoms with Gasteiger partial charge in [0.2, 0.25) is 5.91 Å². The molecule has 1 N–H and O–H groups in total. The highest BCUT2D eigenvalue weighted by Crippen LogP contribution is 2.43. The van der Waals surface area contributed by atoms with Gasteiger partial charge in [0.15, 0.2) is 0 Å². The molecular formula is C16H22N2O3. The lowest BCUT2D eigenvalue weighted by molar-refractivity contribution is -0.129. The predicted molar refractivity (Wildman–Crippen MR) is 77.7 cm³/mol. The molecule has 5 heteroatoms. The molecule has 1 saturated carbocycles. The number of nitrogens with one attached hydrogen (secondary N) is 1. The van der Waals surface area contributed by atoms with E-state index in [4.69, 9.17) is 9.47 Å². The summed E-state index contributed by atoms with van der Waals surface area (Å²) in [6.07, 6.45) is 6.09. The van der Waals surface area contributed by atoms with Gasteiger partial charge in [-0.3, -0.25) is 9.78 Å². The number of ether oxygens (including phenoxy) is 2. The van der Waals surface area contributed by atoms with E-state index in [9.17, 15) is 4.79 Å². The summed E-state index contributed by atoms with van der Waals surface area (Å²) in [5.74, 6) is 0.880. The van der Waals surface area contributed by atoms with Crippen LogP contribution in [0.1, 0.15) is 18.4 Å². The number of amides is 1. The predicted octanol–water partition coefficient (Wildman–Crippen LogP) is 1.18. The minimum absolute atomic E-state index is 0.114. The van der Waals surface area contributed by atoms with Crippen molar-refractivity contribution in [2.45, 2.75) is 31.4 Å². The fourth-order valence-corrected chi connectivity index (χ4v) is 3.50. The molecular weight excluding hydrogens is 268 g/mol. The molecule has 4 atom stereocenters. The minimum Gasteiger partial charge on any atom is -0.384 e. The van der Waals surface area contributed by atoms with Gasteiger partial charge in [-0.2, -0.15) is 0 Å². The van der Waals surface area contributed by atoms with Crippen molar-refractivity contribution in [1.29, 1.82) is 0 Å². The molecule has 3 rings (SSSR count). The zero-order valence-corrected chi connectivity index (χ0v) is 12.3. The Morgan fingerprint density at radius 3 is 3.05 bits per heavy atom. The van der Waals surface area contributed by atoms with Crippen molar-refractivity contribution in [3.63, 3.8) is 0 Å². The summed E-state index contributed by atoms with van der Waals surface area (Å²) < 4.78 is 11.0. The number of methoxy groups -OCH3 is 1. The standard InChI is InChI=1S/C16H22N2O3/c1-20-10-13-15(12-6-9-21-16(12)13)18-14(19)3-2-11-4-7-17-8-5-11/h4-5,7-8,12-13,15-16H,2-3,6,9-10H2,1H3,(H,18,19)/t12-,13+,15-,16-/m1/s1. The van der Waals surface area contributed by atoms with Gasteiger partial charge in [-0.15, -0.1) is 0 Å². The first-order valence-corrected chi connectivity index (χ1v) is 7.58. The Morgan fingerprint density at radius 1 is 1.48 bits per heavy atom. The van der Waals surface area contributed by atoms with Crippen LogP contribution in [0.5, 0.6) is 0 Å². The van der Waals surface area contributed by atoms with Crippen LogP contribution >= 0.6 is 0 Å². The lowest BCUT2D eigenvalue weighted by Gasteiger charge is -2.47. The summed E-state index contributed by atoms with van der Waals surface area (Å²) in [4.78, 5) is 16.1. The summed E-state index contributed by atoms with van der Waals surface area (Å²) in [7, 11) is 1.70. The fourth-order valence-electron chi connectivity index (χ4n) is 3.50. The highest BCUT2D eigenvalue weighted by molar-refractivity contribution is 5.76. The van der Waals surface area contributed by atoms with Crippen LogP contribution in [0, 0.1) is 11.8 Å². The first-order chi connectivity index (χ1) is 10.3. The lowest BCUT2D eigenvalue weighted by Crippen LogP contribution is -2.62. The van der Waals surface area contributed by atoms with E-state index in [0.29, 0.717) is 24.9 Å².